The van der Waals surface area contributed by atoms with Crippen LogP contribution < -0.4 is 5.32 Å². The van der Waals surface area contributed by atoms with Gasteiger partial charge in [0.2, 0.25) is 0 Å². The maximum atomic E-state index is 12.7. The van der Waals surface area contributed by atoms with E-state index < -0.39 is 0 Å². The van der Waals surface area contributed by atoms with Gasteiger partial charge < -0.3 is 14.8 Å². The molecule has 0 saturated heterocycles. The van der Waals surface area contributed by atoms with Gasteiger partial charge in [-0.2, -0.15) is 0 Å². The lowest BCUT2D eigenvalue weighted by molar-refractivity contribution is 0.202. The summed E-state index contributed by atoms with van der Waals surface area (Å²) in [5.74, 6) is 0. The van der Waals surface area contributed by atoms with Gasteiger partial charge in [0.25, 0.3) is 0 Å². The molecule has 25 heavy (non-hydrogen) atoms. The number of hydrogen-bond donors (Lipinski definition) is 1. The molecular formula is C20H22N4O. The fourth-order valence-electron chi connectivity index (χ4n) is 2.92. The van der Waals surface area contributed by atoms with Crippen LogP contribution in [0, 0.1) is 0 Å². The zero-order chi connectivity index (χ0) is 17.6. The number of aromatic nitrogens is 2. The van der Waals surface area contributed by atoms with Crippen LogP contribution in [0.2, 0.25) is 0 Å². The lowest BCUT2D eigenvalue weighted by Crippen LogP contribution is -2.34. The van der Waals surface area contributed by atoms with Gasteiger partial charge in [0.1, 0.15) is 0 Å². The molecule has 1 atom stereocenters. The molecule has 128 valence electrons. The van der Waals surface area contributed by atoms with Crippen molar-refractivity contribution in [3.63, 3.8) is 0 Å². The monoisotopic (exact) mass is 334 g/mol. The summed E-state index contributed by atoms with van der Waals surface area (Å²) in [5.41, 5.74) is 2.86. The molecule has 0 spiro atoms. The summed E-state index contributed by atoms with van der Waals surface area (Å²) >= 11 is 0. The van der Waals surface area contributed by atoms with Crippen LogP contribution in [0.4, 0.5) is 10.5 Å². The van der Waals surface area contributed by atoms with Crippen LogP contribution in [0.25, 0.3) is 5.69 Å². The van der Waals surface area contributed by atoms with Crippen molar-refractivity contribution in [2.45, 2.75) is 19.4 Å². The topological polar surface area (TPSA) is 50.2 Å². The average molecular weight is 334 g/mol. The molecule has 0 unspecified atom stereocenters. The second kappa shape index (κ2) is 7.66. The Balaban J connectivity index is 1.74. The van der Waals surface area contributed by atoms with Crippen LogP contribution in [-0.4, -0.2) is 27.5 Å². The third kappa shape index (κ3) is 3.88. The van der Waals surface area contributed by atoms with Crippen LogP contribution in [0.15, 0.2) is 73.3 Å². The minimum absolute atomic E-state index is 0.00984. The van der Waals surface area contributed by atoms with Crippen molar-refractivity contribution in [1.29, 1.82) is 0 Å². The van der Waals surface area contributed by atoms with Gasteiger partial charge in [0.15, 0.2) is 0 Å². The second-order valence-corrected chi connectivity index (χ2v) is 5.89. The Kier molecular flexibility index (Phi) is 5.14. The fraction of sp³-hybridized carbons (Fsp3) is 0.200. The normalized spacial score (nSPS) is 11.8. The summed E-state index contributed by atoms with van der Waals surface area (Å²) in [6.07, 6.45) is 8.29. The lowest BCUT2D eigenvalue weighted by atomic mass is 10.1. The van der Waals surface area contributed by atoms with Crippen molar-refractivity contribution in [1.82, 2.24) is 14.5 Å². The Bertz CT molecular complexity index is 815. The fourth-order valence-corrected chi connectivity index (χ4v) is 2.92. The minimum atomic E-state index is -0.131. The van der Waals surface area contributed by atoms with Crippen molar-refractivity contribution < 1.29 is 4.79 Å². The van der Waals surface area contributed by atoms with Gasteiger partial charge in [-0.25, -0.2) is 4.79 Å². The summed E-state index contributed by atoms with van der Waals surface area (Å²) in [5, 5.41) is 2.99. The second-order valence-electron chi connectivity index (χ2n) is 5.89. The predicted octanol–water partition coefficient (Wildman–Crippen LogP) is 4.49. The van der Waals surface area contributed by atoms with E-state index in [1.54, 1.807) is 17.3 Å². The Labute approximate surface area is 147 Å². The quantitative estimate of drug-likeness (QED) is 0.747. The van der Waals surface area contributed by atoms with Crippen molar-refractivity contribution in [3.8, 4) is 5.69 Å². The van der Waals surface area contributed by atoms with Gasteiger partial charge in [0.05, 0.1) is 6.04 Å². The van der Waals surface area contributed by atoms with Crippen LogP contribution in [0.3, 0.4) is 0 Å². The number of carbonyl (C=O) groups is 1. The number of benzene rings is 1. The lowest BCUT2D eigenvalue weighted by Gasteiger charge is -2.28. The van der Waals surface area contributed by atoms with E-state index in [-0.39, 0.29) is 12.1 Å². The highest BCUT2D eigenvalue weighted by molar-refractivity contribution is 5.89. The summed E-state index contributed by atoms with van der Waals surface area (Å²) in [6.45, 7) is 2.07. The van der Waals surface area contributed by atoms with Crippen molar-refractivity contribution in [2.24, 2.45) is 0 Å². The molecule has 0 aliphatic heterocycles. The van der Waals surface area contributed by atoms with Gasteiger partial charge in [-0.15, -0.1) is 0 Å². The number of nitrogens with one attached hydrogen (secondary N) is 1. The molecule has 3 rings (SSSR count). The molecule has 1 N–H and O–H groups in total. The van der Waals surface area contributed by atoms with E-state index in [0.29, 0.717) is 0 Å². The molecule has 3 aromatic rings. The van der Waals surface area contributed by atoms with E-state index >= 15 is 0 Å². The first-order chi connectivity index (χ1) is 12.2. The highest BCUT2D eigenvalue weighted by Gasteiger charge is 2.20. The number of nitrogens with zero attached hydrogens (tertiary/aromatic N) is 3. The molecule has 2 amide bonds. The molecule has 2 aromatic heterocycles. The molecule has 5 nitrogen and oxygen atoms in total. The number of amides is 2. The number of rotatable bonds is 5. The highest BCUT2D eigenvalue weighted by atomic mass is 16.2. The zero-order valence-electron chi connectivity index (χ0n) is 14.5. The predicted molar refractivity (Wildman–Crippen MR) is 99.8 cm³/mol. The Morgan fingerprint density at radius 2 is 1.88 bits per heavy atom. The van der Waals surface area contributed by atoms with Crippen LogP contribution >= 0.6 is 0 Å². The third-order valence-corrected chi connectivity index (χ3v) is 4.27. The number of pyridine rings is 1. The largest absolute Gasteiger partial charge is 0.324 e. The summed E-state index contributed by atoms with van der Waals surface area (Å²) in [4.78, 5) is 18.5. The minimum Gasteiger partial charge on any atom is -0.324 e. The van der Waals surface area contributed by atoms with Gasteiger partial charge in [0, 0.05) is 43.2 Å². The van der Waals surface area contributed by atoms with Crippen molar-refractivity contribution >= 4 is 11.7 Å². The molecular weight excluding hydrogens is 312 g/mol. The molecule has 0 fully saturated rings. The molecule has 0 aliphatic rings. The van der Waals surface area contributed by atoms with Crippen molar-refractivity contribution in [2.75, 3.05) is 12.4 Å². The van der Waals surface area contributed by atoms with Crippen LogP contribution in [0.5, 0.6) is 0 Å². The highest BCUT2D eigenvalue weighted by Crippen LogP contribution is 2.23. The van der Waals surface area contributed by atoms with E-state index in [9.17, 15) is 4.79 Å². The van der Waals surface area contributed by atoms with E-state index in [0.717, 1.165) is 23.4 Å². The number of hydrogen-bond acceptors (Lipinski definition) is 2. The molecule has 0 aliphatic carbocycles. The van der Waals surface area contributed by atoms with Gasteiger partial charge >= 0.3 is 6.03 Å². The number of carbonyl (C=O) groups excluding carboxylic acids is 1. The van der Waals surface area contributed by atoms with Gasteiger partial charge in [-0.3, -0.25) is 4.98 Å². The van der Waals surface area contributed by atoms with Crippen LogP contribution in [-0.2, 0) is 0 Å². The van der Waals surface area contributed by atoms with Gasteiger partial charge in [-0.05, 0) is 54.4 Å². The standard InChI is InChI=1S/C20H22N4O/c1-3-19(16-9-11-21-12-10-16)23(2)20(25)22-17-7-6-8-18(15-17)24-13-4-5-14-24/h4-15,19H,3H2,1-2H3,(H,22,25)/t19-/m1/s1. The SMILES string of the molecule is CC[C@H](c1ccncc1)N(C)C(=O)Nc1cccc(-n2cccc2)c1. The summed E-state index contributed by atoms with van der Waals surface area (Å²) in [6, 6.07) is 15.5. The van der Waals surface area contributed by atoms with Crippen molar-refractivity contribution in [3.05, 3.63) is 78.9 Å². The molecule has 0 radical (unpaired) electrons. The maximum Gasteiger partial charge on any atom is 0.322 e. The first-order valence-electron chi connectivity index (χ1n) is 8.36. The summed E-state index contributed by atoms with van der Waals surface area (Å²) in [7, 11) is 1.82. The average Bonchev–Trinajstić information content (AvgIpc) is 3.18. The van der Waals surface area contributed by atoms with E-state index in [1.165, 1.54) is 0 Å². The molecule has 0 bridgehead atoms. The molecule has 5 heteroatoms. The summed E-state index contributed by atoms with van der Waals surface area (Å²) < 4.78 is 2.01. The number of anilines is 1. The maximum absolute atomic E-state index is 12.7. The van der Waals surface area contributed by atoms with E-state index in [1.807, 2.05) is 72.5 Å². The Morgan fingerprint density at radius 3 is 2.56 bits per heavy atom. The Morgan fingerprint density at radius 1 is 1.16 bits per heavy atom. The first kappa shape index (κ1) is 16.8. The number of urea groups is 1. The van der Waals surface area contributed by atoms with Gasteiger partial charge in [-0.1, -0.05) is 13.0 Å². The zero-order valence-corrected chi connectivity index (χ0v) is 14.5. The molecule has 1 aromatic carbocycles. The molecule has 0 saturated carbocycles. The van der Waals surface area contributed by atoms with E-state index in [2.05, 4.69) is 17.2 Å². The first-order valence-corrected chi connectivity index (χ1v) is 8.36. The third-order valence-electron chi connectivity index (χ3n) is 4.27. The smallest absolute Gasteiger partial charge is 0.322 e. The molecule has 2 heterocycles. The Hall–Kier alpha value is -3.08. The van der Waals surface area contributed by atoms with Crippen LogP contribution in [0.1, 0.15) is 24.9 Å². The van der Waals surface area contributed by atoms with E-state index in [4.69, 9.17) is 0 Å².